The Bertz CT molecular complexity index is 467. The second kappa shape index (κ2) is 5.24. The molecule has 7 heteroatoms. The Hall–Kier alpha value is -1.50. The summed E-state index contributed by atoms with van der Waals surface area (Å²) >= 11 is 1.12. The van der Waals surface area contributed by atoms with E-state index in [0.29, 0.717) is 18.7 Å². The van der Waals surface area contributed by atoms with Crippen molar-refractivity contribution in [3.05, 3.63) is 11.1 Å². The summed E-state index contributed by atoms with van der Waals surface area (Å²) in [4.78, 5) is 25.8. The van der Waals surface area contributed by atoms with E-state index in [0.717, 1.165) is 18.0 Å². The predicted molar refractivity (Wildman–Crippen MR) is 69.8 cm³/mol. The van der Waals surface area contributed by atoms with E-state index < -0.39 is 11.6 Å². The van der Waals surface area contributed by atoms with E-state index in [1.165, 1.54) is 4.90 Å². The van der Waals surface area contributed by atoms with E-state index in [4.69, 9.17) is 4.74 Å². The van der Waals surface area contributed by atoms with Gasteiger partial charge in [0.2, 0.25) is 0 Å². The number of aromatic nitrogens is 2. The zero-order valence-corrected chi connectivity index (χ0v) is 12.1. The molecule has 104 valence electrons. The zero-order valence-electron chi connectivity index (χ0n) is 11.3. The Morgan fingerprint density at radius 1 is 1.47 bits per heavy atom. The third-order valence-corrected chi connectivity index (χ3v) is 3.28. The molecule has 1 aliphatic heterocycles. The topological polar surface area (TPSA) is 72.4 Å². The Morgan fingerprint density at radius 3 is 2.79 bits per heavy atom. The number of nitrogens with zero attached hydrogens (tertiary/aromatic N) is 3. The number of likely N-dealkylation sites (tertiary alicyclic amines) is 1. The summed E-state index contributed by atoms with van der Waals surface area (Å²) in [6.45, 7) is 6.00. The lowest BCUT2D eigenvalue weighted by atomic mass is 10.1. The van der Waals surface area contributed by atoms with E-state index >= 15 is 0 Å². The van der Waals surface area contributed by atoms with Crippen LogP contribution in [-0.4, -0.2) is 44.6 Å². The highest BCUT2D eigenvalue weighted by Crippen LogP contribution is 2.22. The maximum absolute atomic E-state index is 12.2. The lowest BCUT2D eigenvalue weighted by Gasteiger charge is -2.26. The Balaban J connectivity index is 2.09. The molecule has 2 rings (SSSR count). The molecule has 0 radical (unpaired) electrons. The second-order valence-electron chi connectivity index (χ2n) is 5.48. The summed E-state index contributed by atoms with van der Waals surface area (Å²) in [5, 5.41) is 5.34. The highest BCUT2D eigenvalue weighted by molar-refractivity contribution is 7.03. The molecule has 1 aliphatic rings. The fraction of sp³-hybridized carbons (Fsp3) is 0.667. The molecule has 0 N–H and O–H groups in total. The highest BCUT2D eigenvalue weighted by Gasteiger charge is 2.37. The average molecular weight is 283 g/mol. The third-order valence-electron chi connectivity index (χ3n) is 2.77. The van der Waals surface area contributed by atoms with Gasteiger partial charge in [-0.05, 0) is 45.1 Å². The van der Waals surface area contributed by atoms with Crippen LogP contribution in [0.4, 0.5) is 0 Å². The summed E-state index contributed by atoms with van der Waals surface area (Å²) in [7, 11) is 0. The van der Waals surface area contributed by atoms with E-state index in [2.05, 4.69) is 9.59 Å². The SMILES string of the molecule is CC(C)(C)OC(=O)[C@@H]1CCCN1C(=O)c1csnn1. The first kappa shape index (κ1) is 13.9. The molecule has 1 atom stereocenters. The summed E-state index contributed by atoms with van der Waals surface area (Å²) in [6, 6.07) is -0.506. The molecule has 0 saturated carbocycles. The van der Waals surface area contributed by atoms with Crippen LogP contribution in [0.2, 0.25) is 0 Å². The smallest absolute Gasteiger partial charge is 0.329 e. The first-order chi connectivity index (χ1) is 8.88. The minimum atomic E-state index is -0.545. The molecule has 19 heavy (non-hydrogen) atoms. The molecule has 2 heterocycles. The number of esters is 1. The quantitative estimate of drug-likeness (QED) is 0.769. The van der Waals surface area contributed by atoms with Gasteiger partial charge in [0.1, 0.15) is 11.6 Å². The summed E-state index contributed by atoms with van der Waals surface area (Å²) in [5.74, 6) is -0.594. The van der Waals surface area contributed by atoms with Gasteiger partial charge in [0.15, 0.2) is 5.69 Å². The van der Waals surface area contributed by atoms with Gasteiger partial charge in [0.25, 0.3) is 5.91 Å². The van der Waals surface area contributed by atoms with E-state index in [1.54, 1.807) is 5.38 Å². The molecule has 1 saturated heterocycles. The van der Waals surface area contributed by atoms with Crippen LogP contribution in [0, 0.1) is 0 Å². The number of carbonyl (C=O) groups is 2. The summed E-state index contributed by atoms with van der Waals surface area (Å²) < 4.78 is 9.03. The van der Waals surface area contributed by atoms with Crippen molar-refractivity contribution in [1.29, 1.82) is 0 Å². The monoisotopic (exact) mass is 283 g/mol. The predicted octanol–water partition coefficient (Wildman–Crippen LogP) is 1.48. The lowest BCUT2D eigenvalue weighted by Crippen LogP contribution is -2.43. The standard InChI is InChI=1S/C12H17N3O3S/c1-12(2,3)18-11(17)9-5-4-6-15(9)10(16)8-7-19-14-13-8/h7,9H,4-6H2,1-3H3/t9-/m0/s1. The van der Waals surface area contributed by atoms with Crippen LogP contribution in [0.1, 0.15) is 44.1 Å². The van der Waals surface area contributed by atoms with E-state index in [9.17, 15) is 9.59 Å². The maximum Gasteiger partial charge on any atom is 0.329 e. The van der Waals surface area contributed by atoms with Gasteiger partial charge in [0.05, 0.1) is 0 Å². The Morgan fingerprint density at radius 2 is 2.21 bits per heavy atom. The van der Waals surface area contributed by atoms with Crippen molar-refractivity contribution in [2.75, 3.05) is 6.54 Å². The third kappa shape index (κ3) is 3.28. The number of hydrogen-bond donors (Lipinski definition) is 0. The minimum Gasteiger partial charge on any atom is -0.458 e. The highest BCUT2D eigenvalue weighted by atomic mass is 32.1. The molecule has 6 nitrogen and oxygen atoms in total. The molecule has 0 aromatic carbocycles. The van der Waals surface area contributed by atoms with Gasteiger partial charge in [-0.1, -0.05) is 4.49 Å². The summed E-state index contributed by atoms with van der Waals surface area (Å²) in [5.41, 5.74) is -0.253. The zero-order chi connectivity index (χ0) is 14.0. The molecule has 1 amide bonds. The average Bonchev–Trinajstić information content (AvgIpc) is 2.97. The van der Waals surface area contributed by atoms with Crippen LogP contribution >= 0.6 is 11.5 Å². The fourth-order valence-corrected chi connectivity index (χ4v) is 2.46. The first-order valence-electron chi connectivity index (χ1n) is 6.19. The molecule has 0 bridgehead atoms. The van der Waals surface area contributed by atoms with Crippen molar-refractivity contribution in [2.45, 2.75) is 45.3 Å². The largest absolute Gasteiger partial charge is 0.458 e. The van der Waals surface area contributed by atoms with Crippen LogP contribution in [0.15, 0.2) is 5.38 Å². The minimum absolute atomic E-state index is 0.248. The van der Waals surface area contributed by atoms with Gasteiger partial charge in [-0.3, -0.25) is 4.79 Å². The molecule has 0 spiro atoms. The molecular formula is C12H17N3O3S. The van der Waals surface area contributed by atoms with Crippen molar-refractivity contribution < 1.29 is 14.3 Å². The number of amides is 1. The van der Waals surface area contributed by atoms with Crippen molar-refractivity contribution >= 4 is 23.4 Å². The van der Waals surface area contributed by atoms with Gasteiger partial charge in [-0.15, -0.1) is 5.10 Å². The summed E-state index contributed by atoms with van der Waals surface area (Å²) in [6.07, 6.45) is 1.44. The van der Waals surface area contributed by atoms with Gasteiger partial charge < -0.3 is 9.64 Å². The van der Waals surface area contributed by atoms with Gasteiger partial charge in [-0.25, -0.2) is 4.79 Å². The number of rotatable bonds is 2. The van der Waals surface area contributed by atoms with Gasteiger partial charge >= 0.3 is 5.97 Å². The van der Waals surface area contributed by atoms with Crippen LogP contribution in [0.5, 0.6) is 0 Å². The second-order valence-corrected chi connectivity index (χ2v) is 6.09. The first-order valence-corrected chi connectivity index (χ1v) is 7.03. The number of carbonyl (C=O) groups excluding carboxylic acids is 2. The molecule has 1 aromatic heterocycles. The lowest BCUT2D eigenvalue weighted by molar-refractivity contribution is -0.159. The molecule has 1 fully saturated rings. The van der Waals surface area contributed by atoms with Crippen molar-refractivity contribution in [1.82, 2.24) is 14.5 Å². The van der Waals surface area contributed by atoms with Crippen LogP contribution < -0.4 is 0 Å². The van der Waals surface area contributed by atoms with E-state index in [-0.39, 0.29) is 11.9 Å². The van der Waals surface area contributed by atoms with Crippen LogP contribution in [0.25, 0.3) is 0 Å². The fourth-order valence-electron chi connectivity index (χ4n) is 2.03. The normalized spacial score (nSPS) is 19.5. The molecular weight excluding hydrogens is 266 g/mol. The Kier molecular flexibility index (Phi) is 3.84. The van der Waals surface area contributed by atoms with Gasteiger partial charge in [-0.2, -0.15) is 0 Å². The maximum atomic E-state index is 12.2. The van der Waals surface area contributed by atoms with Crippen molar-refractivity contribution in [3.8, 4) is 0 Å². The van der Waals surface area contributed by atoms with E-state index in [1.807, 2.05) is 20.8 Å². The van der Waals surface area contributed by atoms with Crippen LogP contribution in [-0.2, 0) is 9.53 Å². The van der Waals surface area contributed by atoms with Crippen molar-refractivity contribution in [3.63, 3.8) is 0 Å². The molecule has 0 unspecified atom stereocenters. The molecule has 0 aliphatic carbocycles. The Labute approximate surface area is 115 Å². The van der Waals surface area contributed by atoms with Crippen LogP contribution in [0.3, 0.4) is 0 Å². The number of ether oxygens (including phenoxy) is 1. The molecule has 1 aromatic rings. The van der Waals surface area contributed by atoms with Gasteiger partial charge in [0, 0.05) is 11.9 Å². The van der Waals surface area contributed by atoms with Crippen molar-refractivity contribution in [2.24, 2.45) is 0 Å². The number of hydrogen-bond acceptors (Lipinski definition) is 6.